The fourth-order valence-corrected chi connectivity index (χ4v) is 5.25. The Hall–Kier alpha value is -2.44. The molecular formula is C24H29FN4O. The van der Waals surface area contributed by atoms with Crippen molar-refractivity contribution < 1.29 is 9.18 Å². The lowest BCUT2D eigenvalue weighted by Gasteiger charge is -2.39. The first kappa shape index (κ1) is 19.5. The maximum Gasteiger partial charge on any atom is 0.317 e. The van der Waals surface area contributed by atoms with Gasteiger partial charge in [-0.15, -0.1) is 0 Å². The molecule has 0 spiro atoms. The Bertz CT molecular complexity index is 894. The minimum atomic E-state index is -0.177. The molecule has 3 aliphatic rings. The number of rotatable bonds is 5. The largest absolute Gasteiger partial charge is 0.336 e. The molecule has 1 aliphatic carbocycles. The molecule has 158 valence electrons. The quantitative estimate of drug-likeness (QED) is 0.827. The molecule has 2 aromatic rings. The molecule has 2 fully saturated rings. The summed E-state index contributed by atoms with van der Waals surface area (Å²) in [5, 5.41) is 2.87. The lowest BCUT2D eigenvalue weighted by atomic mass is 9.93. The number of halogens is 1. The zero-order chi connectivity index (χ0) is 20.5. The molecule has 2 aliphatic heterocycles. The number of nitrogens with zero attached hydrogens (tertiary/aromatic N) is 3. The van der Waals surface area contributed by atoms with E-state index in [9.17, 15) is 9.18 Å². The summed E-state index contributed by atoms with van der Waals surface area (Å²) in [6, 6.07) is 16.3. The Morgan fingerprint density at radius 3 is 2.33 bits per heavy atom. The fourth-order valence-electron chi connectivity index (χ4n) is 5.25. The second kappa shape index (κ2) is 8.36. The van der Waals surface area contributed by atoms with Crippen LogP contribution in [0.3, 0.4) is 0 Å². The minimum Gasteiger partial charge on any atom is -0.336 e. The van der Waals surface area contributed by atoms with Crippen molar-refractivity contribution in [2.24, 2.45) is 0 Å². The van der Waals surface area contributed by atoms with Gasteiger partial charge in [0.25, 0.3) is 0 Å². The number of hydrogen-bond donors (Lipinski definition) is 1. The highest BCUT2D eigenvalue weighted by atomic mass is 19.1. The van der Waals surface area contributed by atoms with Crippen molar-refractivity contribution in [3.05, 3.63) is 71.0 Å². The zero-order valence-corrected chi connectivity index (χ0v) is 17.3. The molecule has 2 atom stereocenters. The Kier molecular flexibility index (Phi) is 5.44. The normalized spacial score (nSPS) is 24.8. The smallest absolute Gasteiger partial charge is 0.317 e. The van der Waals surface area contributed by atoms with Crippen LogP contribution in [0.2, 0.25) is 0 Å². The molecule has 0 aromatic heterocycles. The van der Waals surface area contributed by atoms with Gasteiger partial charge in [0.05, 0.1) is 0 Å². The van der Waals surface area contributed by atoms with Crippen LogP contribution in [0.1, 0.15) is 35.1 Å². The third kappa shape index (κ3) is 3.82. The number of piperazine rings is 1. The first-order valence-corrected chi connectivity index (χ1v) is 11.0. The topological polar surface area (TPSA) is 38.8 Å². The summed E-state index contributed by atoms with van der Waals surface area (Å²) < 4.78 is 13.4. The van der Waals surface area contributed by atoms with E-state index in [0.717, 1.165) is 58.8 Å². The summed E-state index contributed by atoms with van der Waals surface area (Å²) >= 11 is 0. The lowest BCUT2D eigenvalue weighted by Crippen LogP contribution is -2.49. The van der Waals surface area contributed by atoms with Crippen LogP contribution in [0.5, 0.6) is 0 Å². The number of amides is 2. The standard InChI is InChI=1S/C24H29FN4O/c25-19-7-5-18(6-8-19)22-17-23(21-4-2-1-3-20(21)22)28-14-11-27(12-15-28)13-16-29-10-9-26-24(29)30/h1-8,22-23H,9-17H2,(H,26,30)/t22-,23+/m1/s1. The van der Waals surface area contributed by atoms with Crippen molar-refractivity contribution >= 4 is 6.03 Å². The highest BCUT2D eigenvalue weighted by Gasteiger charge is 2.36. The summed E-state index contributed by atoms with van der Waals surface area (Å²) in [7, 11) is 0. The van der Waals surface area contributed by atoms with E-state index in [-0.39, 0.29) is 11.8 Å². The van der Waals surface area contributed by atoms with Gasteiger partial charge < -0.3 is 10.2 Å². The minimum absolute atomic E-state index is 0.0723. The number of urea groups is 1. The van der Waals surface area contributed by atoms with E-state index in [2.05, 4.69) is 39.4 Å². The predicted molar refractivity (Wildman–Crippen MR) is 115 cm³/mol. The molecule has 1 N–H and O–H groups in total. The van der Waals surface area contributed by atoms with Crippen molar-refractivity contribution in [3.8, 4) is 0 Å². The van der Waals surface area contributed by atoms with E-state index < -0.39 is 0 Å². The molecule has 2 saturated heterocycles. The molecule has 5 nitrogen and oxygen atoms in total. The van der Waals surface area contributed by atoms with Crippen molar-refractivity contribution in [3.63, 3.8) is 0 Å². The van der Waals surface area contributed by atoms with Gasteiger partial charge in [-0.05, 0) is 35.2 Å². The Balaban J connectivity index is 1.23. The van der Waals surface area contributed by atoms with Crippen LogP contribution in [0.25, 0.3) is 0 Å². The fraction of sp³-hybridized carbons (Fsp3) is 0.458. The summed E-state index contributed by atoms with van der Waals surface area (Å²) in [4.78, 5) is 18.7. The number of benzene rings is 2. The molecular weight excluding hydrogens is 379 g/mol. The van der Waals surface area contributed by atoms with Gasteiger partial charge in [0.1, 0.15) is 5.82 Å². The molecule has 5 rings (SSSR count). The Morgan fingerprint density at radius 1 is 0.900 bits per heavy atom. The van der Waals surface area contributed by atoms with E-state index in [0.29, 0.717) is 12.0 Å². The average molecular weight is 409 g/mol. The molecule has 2 heterocycles. The van der Waals surface area contributed by atoms with Crippen molar-refractivity contribution in [2.45, 2.75) is 18.4 Å². The molecule has 0 unspecified atom stereocenters. The second-order valence-electron chi connectivity index (χ2n) is 8.58. The van der Waals surface area contributed by atoms with Crippen LogP contribution in [0.15, 0.2) is 48.5 Å². The van der Waals surface area contributed by atoms with Crippen molar-refractivity contribution in [1.82, 2.24) is 20.0 Å². The van der Waals surface area contributed by atoms with Gasteiger partial charge in [-0.3, -0.25) is 9.80 Å². The van der Waals surface area contributed by atoms with E-state index >= 15 is 0 Å². The highest BCUT2D eigenvalue weighted by molar-refractivity contribution is 5.76. The molecule has 2 aromatic carbocycles. The molecule has 6 heteroatoms. The van der Waals surface area contributed by atoms with E-state index in [1.54, 1.807) is 12.1 Å². The maximum absolute atomic E-state index is 13.4. The van der Waals surface area contributed by atoms with E-state index in [4.69, 9.17) is 0 Å². The third-order valence-corrected chi connectivity index (χ3v) is 6.94. The summed E-state index contributed by atoms with van der Waals surface area (Å²) in [5.41, 5.74) is 4.01. The first-order valence-electron chi connectivity index (χ1n) is 11.0. The van der Waals surface area contributed by atoms with Gasteiger partial charge in [0, 0.05) is 64.3 Å². The number of fused-ring (bicyclic) bond motifs is 1. The Morgan fingerprint density at radius 2 is 1.63 bits per heavy atom. The van der Waals surface area contributed by atoms with Gasteiger partial charge in [-0.2, -0.15) is 0 Å². The van der Waals surface area contributed by atoms with Crippen molar-refractivity contribution in [2.75, 3.05) is 52.4 Å². The average Bonchev–Trinajstić information content (AvgIpc) is 3.37. The van der Waals surface area contributed by atoms with Crippen LogP contribution in [-0.2, 0) is 0 Å². The number of nitrogens with one attached hydrogen (secondary N) is 1. The van der Waals surface area contributed by atoms with E-state index in [1.807, 2.05) is 17.0 Å². The van der Waals surface area contributed by atoms with Gasteiger partial charge in [-0.1, -0.05) is 36.4 Å². The monoisotopic (exact) mass is 408 g/mol. The van der Waals surface area contributed by atoms with Crippen LogP contribution in [-0.4, -0.2) is 73.1 Å². The van der Waals surface area contributed by atoms with Crippen LogP contribution >= 0.6 is 0 Å². The lowest BCUT2D eigenvalue weighted by molar-refractivity contribution is 0.0905. The van der Waals surface area contributed by atoms with Crippen molar-refractivity contribution in [1.29, 1.82) is 0 Å². The third-order valence-electron chi connectivity index (χ3n) is 6.94. The van der Waals surface area contributed by atoms with E-state index in [1.165, 1.54) is 16.7 Å². The molecule has 0 saturated carbocycles. The zero-order valence-electron chi connectivity index (χ0n) is 17.3. The van der Waals surface area contributed by atoms with Gasteiger partial charge in [-0.25, -0.2) is 9.18 Å². The highest BCUT2D eigenvalue weighted by Crippen LogP contribution is 2.46. The Labute approximate surface area is 177 Å². The summed E-state index contributed by atoms with van der Waals surface area (Å²) in [5.74, 6) is 0.155. The van der Waals surface area contributed by atoms with Gasteiger partial charge in [0.15, 0.2) is 0 Å². The maximum atomic E-state index is 13.4. The molecule has 0 radical (unpaired) electrons. The first-order chi connectivity index (χ1) is 14.7. The van der Waals surface area contributed by atoms with Crippen LogP contribution in [0, 0.1) is 5.82 Å². The number of hydrogen-bond acceptors (Lipinski definition) is 3. The molecule has 0 bridgehead atoms. The summed E-state index contributed by atoms with van der Waals surface area (Å²) in [6.07, 6.45) is 1.05. The predicted octanol–water partition coefficient (Wildman–Crippen LogP) is 3.05. The van der Waals surface area contributed by atoms with Gasteiger partial charge >= 0.3 is 6.03 Å². The summed E-state index contributed by atoms with van der Waals surface area (Å²) in [6.45, 7) is 7.50. The second-order valence-corrected chi connectivity index (χ2v) is 8.58. The molecule has 2 amide bonds. The number of carbonyl (C=O) groups excluding carboxylic acids is 1. The van der Waals surface area contributed by atoms with Gasteiger partial charge in [0.2, 0.25) is 0 Å². The van der Waals surface area contributed by atoms with Crippen LogP contribution in [0.4, 0.5) is 9.18 Å². The number of carbonyl (C=O) groups is 1. The SMILES string of the molecule is O=C1NCCN1CCN1CCN([C@H]2C[C@H](c3ccc(F)cc3)c3ccccc32)CC1. The molecule has 30 heavy (non-hydrogen) atoms. The van der Waals surface area contributed by atoms with Crippen LogP contribution < -0.4 is 5.32 Å².